The number of aryl methyl sites for hydroxylation is 3. The molecule has 0 saturated heterocycles. The van der Waals surface area contributed by atoms with Gasteiger partial charge in [0.25, 0.3) is 0 Å². The molecule has 1 atom stereocenters. The average molecular weight is 487 g/mol. The van der Waals surface area contributed by atoms with Crippen LogP contribution in [0, 0.1) is 13.8 Å². The molecule has 8 heteroatoms. The molecule has 0 aliphatic heterocycles. The van der Waals surface area contributed by atoms with Gasteiger partial charge in [-0.3, -0.25) is 4.89 Å². The second kappa shape index (κ2) is 11.3. The lowest BCUT2D eigenvalue weighted by atomic mass is 10.0. The molecule has 0 radical (unpaired) electrons. The maximum atomic E-state index is 12.4. The molecule has 0 heterocycles. The summed E-state index contributed by atoms with van der Waals surface area (Å²) in [5.41, 5.74) is 3.92. The first kappa shape index (κ1) is 25.5. The first-order valence-corrected chi connectivity index (χ1v) is 12.4. The number of ether oxygens (including phenoxy) is 3. The van der Waals surface area contributed by atoms with Gasteiger partial charge in [-0.25, -0.2) is 4.57 Å². The van der Waals surface area contributed by atoms with E-state index in [9.17, 15) is 9.46 Å². The van der Waals surface area contributed by atoms with Gasteiger partial charge in [0, 0.05) is 17.7 Å². The number of rotatable bonds is 11. The highest BCUT2D eigenvalue weighted by Gasteiger charge is 2.25. The Morgan fingerprint density at radius 3 is 1.79 bits per heavy atom. The van der Waals surface area contributed by atoms with Crippen molar-refractivity contribution in [3.05, 3.63) is 76.9 Å². The van der Waals surface area contributed by atoms with E-state index in [1.807, 2.05) is 44.2 Å². The Balaban J connectivity index is 1.59. The van der Waals surface area contributed by atoms with Crippen LogP contribution in [0.2, 0.25) is 0 Å². The molecule has 0 saturated carbocycles. The van der Waals surface area contributed by atoms with Crippen molar-refractivity contribution in [2.75, 3.05) is 21.3 Å². The summed E-state index contributed by atoms with van der Waals surface area (Å²) in [6.07, 6.45) is 2.41. The molecular weight excluding hydrogens is 455 g/mol. The Labute approximate surface area is 200 Å². The van der Waals surface area contributed by atoms with Crippen molar-refractivity contribution in [3.63, 3.8) is 0 Å². The zero-order valence-electron chi connectivity index (χ0n) is 20.2. The molecule has 0 amide bonds. The van der Waals surface area contributed by atoms with Crippen molar-refractivity contribution in [1.82, 2.24) is 0 Å². The summed E-state index contributed by atoms with van der Waals surface area (Å²) in [5.74, 6) is 2.68. The lowest BCUT2D eigenvalue weighted by molar-refractivity contribution is 0.291. The van der Waals surface area contributed by atoms with E-state index in [4.69, 9.17) is 23.3 Å². The Kier molecular flexibility index (Phi) is 8.48. The van der Waals surface area contributed by atoms with E-state index < -0.39 is 7.82 Å². The second-order valence-electron chi connectivity index (χ2n) is 7.98. The van der Waals surface area contributed by atoms with E-state index >= 15 is 0 Å². The largest absolute Gasteiger partial charge is 0.584 e. The van der Waals surface area contributed by atoms with Crippen molar-refractivity contribution < 1.29 is 32.7 Å². The molecule has 7 nitrogen and oxygen atoms in total. The predicted molar refractivity (Wildman–Crippen MR) is 132 cm³/mol. The monoisotopic (exact) mass is 486 g/mol. The molecule has 3 aromatic carbocycles. The highest BCUT2D eigenvalue weighted by atomic mass is 31.2. The van der Waals surface area contributed by atoms with Gasteiger partial charge in [0.1, 0.15) is 28.7 Å². The molecular formula is C26H31O7P. The molecule has 1 unspecified atom stereocenters. The molecule has 0 spiro atoms. The maximum absolute atomic E-state index is 12.4. The topological polar surface area (TPSA) is 83.5 Å². The maximum Gasteiger partial charge on any atom is 0.584 e. The smallest absolute Gasteiger partial charge is 0.496 e. The molecule has 0 aliphatic rings. The first-order chi connectivity index (χ1) is 16.2. The van der Waals surface area contributed by atoms with Crippen LogP contribution in [-0.4, -0.2) is 26.2 Å². The Bertz CT molecular complexity index is 1110. The van der Waals surface area contributed by atoms with Gasteiger partial charge in [-0.1, -0.05) is 18.2 Å². The molecule has 0 bridgehead atoms. The molecule has 1 N–H and O–H groups in total. The first-order valence-electron chi connectivity index (χ1n) is 10.9. The van der Waals surface area contributed by atoms with E-state index in [1.165, 1.54) is 0 Å². The molecule has 3 rings (SSSR count). The van der Waals surface area contributed by atoms with Crippen LogP contribution in [0.1, 0.15) is 28.7 Å². The van der Waals surface area contributed by atoms with Crippen molar-refractivity contribution in [1.29, 1.82) is 0 Å². The van der Waals surface area contributed by atoms with E-state index in [0.29, 0.717) is 11.5 Å². The quantitative estimate of drug-likeness (QED) is 0.330. The molecule has 0 aliphatic carbocycles. The van der Waals surface area contributed by atoms with Crippen molar-refractivity contribution >= 4 is 7.82 Å². The summed E-state index contributed by atoms with van der Waals surface area (Å²) >= 11 is 0. The minimum Gasteiger partial charge on any atom is -0.496 e. The second-order valence-corrected chi connectivity index (χ2v) is 9.28. The Morgan fingerprint density at radius 1 is 0.706 bits per heavy atom. The van der Waals surface area contributed by atoms with Crippen LogP contribution in [-0.2, 0) is 17.4 Å². The van der Waals surface area contributed by atoms with Crippen LogP contribution in [0.3, 0.4) is 0 Å². The predicted octanol–water partition coefficient (Wildman–Crippen LogP) is 6.06. The molecule has 34 heavy (non-hydrogen) atoms. The van der Waals surface area contributed by atoms with Crippen molar-refractivity contribution in [2.45, 2.75) is 33.1 Å². The van der Waals surface area contributed by atoms with E-state index in [2.05, 4.69) is 0 Å². The Morgan fingerprint density at radius 2 is 1.26 bits per heavy atom. The van der Waals surface area contributed by atoms with Crippen LogP contribution in [0.4, 0.5) is 0 Å². The number of methoxy groups -OCH3 is 3. The summed E-state index contributed by atoms with van der Waals surface area (Å²) in [5, 5.41) is 0. The normalized spacial score (nSPS) is 12.5. The SMILES string of the molecule is COc1cc(OC)c(CCCc2ccc(OP(=O)(O)Oc3cc(C)cc(C)c3)cc2)c(OC)c1. The number of phosphoric acid groups is 1. The van der Waals surface area contributed by atoms with Gasteiger partial charge in [0.05, 0.1) is 21.3 Å². The van der Waals surface area contributed by atoms with Crippen molar-refractivity contribution in [3.8, 4) is 28.7 Å². The third kappa shape index (κ3) is 6.92. The lowest BCUT2D eigenvalue weighted by Gasteiger charge is -2.15. The Hall–Kier alpha value is -3.15. The lowest BCUT2D eigenvalue weighted by Crippen LogP contribution is -2.01. The zero-order valence-corrected chi connectivity index (χ0v) is 21.1. The van der Waals surface area contributed by atoms with Gasteiger partial charge in [-0.05, 0) is 74.1 Å². The zero-order chi connectivity index (χ0) is 24.7. The van der Waals surface area contributed by atoms with Crippen molar-refractivity contribution in [2.24, 2.45) is 0 Å². The van der Waals surface area contributed by atoms with Crippen LogP contribution in [0.25, 0.3) is 0 Å². The third-order valence-corrected chi connectivity index (χ3v) is 6.15. The summed E-state index contributed by atoms with van der Waals surface area (Å²) in [6, 6.07) is 16.1. The summed E-state index contributed by atoms with van der Waals surface area (Å²) < 4.78 is 39.2. The van der Waals surface area contributed by atoms with Crippen LogP contribution >= 0.6 is 7.82 Å². The third-order valence-electron chi connectivity index (χ3n) is 5.27. The highest BCUT2D eigenvalue weighted by Crippen LogP contribution is 2.44. The van der Waals surface area contributed by atoms with Gasteiger partial charge in [0.15, 0.2) is 0 Å². The summed E-state index contributed by atoms with van der Waals surface area (Å²) in [7, 11) is 0.539. The van der Waals surface area contributed by atoms with Crippen LogP contribution in [0.5, 0.6) is 28.7 Å². The summed E-state index contributed by atoms with van der Waals surface area (Å²) in [4.78, 5) is 10.2. The van der Waals surface area contributed by atoms with E-state index in [0.717, 1.165) is 53.0 Å². The van der Waals surface area contributed by atoms with Gasteiger partial charge in [0.2, 0.25) is 0 Å². The average Bonchev–Trinajstić information content (AvgIpc) is 2.78. The van der Waals surface area contributed by atoms with Gasteiger partial charge < -0.3 is 23.3 Å². The highest BCUT2D eigenvalue weighted by molar-refractivity contribution is 7.48. The van der Waals surface area contributed by atoms with Gasteiger partial charge in [-0.2, -0.15) is 0 Å². The number of phosphoric ester groups is 1. The van der Waals surface area contributed by atoms with Crippen LogP contribution < -0.4 is 23.3 Å². The standard InChI is InChI=1S/C26H31O7P/c1-18-13-19(2)15-23(14-18)33-34(27,28)32-21-11-9-20(10-12-21)7-6-8-24-25(30-4)16-22(29-3)17-26(24)31-5/h9-17H,6-8H2,1-5H3,(H,27,28). The van der Waals surface area contributed by atoms with Crippen LogP contribution in [0.15, 0.2) is 54.6 Å². The van der Waals surface area contributed by atoms with E-state index in [-0.39, 0.29) is 5.75 Å². The van der Waals surface area contributed by atoms with Gasteiger partial charge >= 0.3 is 7.82 Å². The number of hydrogen-bond acceptors (Lipinski definition) is 6. The fourth-order valence-electron chi connectivity index (χ4n) is 3.78. The minimum absolute atomic E-state index is 0.262. The van der Waals surface area contributed by atoms with E-state index in [1.54, 1.807) is 45.6 Å². The van der Waals surface area contributed by atoms with Gasteiger partial charge in [-0.15, -0.1) is 0 Å². The molecule has 3 aromatic rings. The molecule has 0 aromatic heterocycles. The number of hydrogen-bond donors (Lipinski definition) is 1. The fourth-order valence-corrected chi connectivity index (χ4v) is 4.58. The number of benzene rings is 3. The summed E-state index contributed by atoms with van der Waals surface area (Å²) in [6.45, 7) is 3.78. The fraction of sp³-hybridized carbons (Fsp3) is 0.308. The molecule has 182 valence electrons. The minimum atomic E-state index is -4.32. The molecule has 0 fully saturated rings.